The van der Waals surface area contributed by atoms with Gasteiger partial charge in [-0.2, -0.15) is 0 Å². The first-order chi connectivity index (χ1) is 9.92. The largest absolute Gasteiger partial charge is 0.491 e. The highest BCUT2D eigenvalue weighted by atomic mass is 35.5. The van der Waals surface area contributed by atoms with E-state index in [0.29, 0.717) is 18.2 Å². The van der Waals surface area contributed by atoms with Gasteiger partial charge in [0.05, 0.1) is 25.3 Å². The number of rotatable bonds is 9. The fraction of sp³-hybridized carbons (Fsp3) is 0.529. The van der Waals surface area contributed by atoms with Crippen LogP contribution in [0.3, 0.4) is 0 Å². The molecule has 0 amide bonds. The fourth-order valence-electron chi connectivity index (χ4n) is 1.89. The van der Waals surface area contributed by atoms with E-state index in [9.17, 15) is 0 Å². The van der Waals surface area contributed by atoms with Crippen molar-refractivity contribution in [2.45, 2.75) is 32.7 Å². The summed E-state index contributed by atoms with van der Waals surface area (Å²) in [6.07, 6.45) is 2.59. The Bertz CT molecular complexity index is 441. The molecule has 4 heteroatoms. The van der Waals surface area contributed by atoms with Crippen molar-refractivity contribution in [1.29, 1.82) is 0 Å². The molecule has 0 radical (unpaired) electrons. The Balaban J connectivity index is 2.25. The van der Waals surface area contributed by atoms with Gasteiger partial charge in [0, 0.05) is 5.02 Å². The maximum Gasteiger partial charge on any atom is 0.123 e. The summed E-state index contributed by atoms with van der Waals surface area (Å²) in [6.45, 7) is 13.2. The highest BCUT2D eigenvalue weighted by Gasteiger charge is 2.11. The number of ether oxygens (including phenoxy) is 2. The zero-order valence-corrected chi connectivity index (χ0v) is 14.1. The third kappa shape index (κ3) is 8.10. The normalized spacial score (nSPS) is 11.4. The van der Waals surface area contributed by atoms with Gasteiger partial charge in [0.2, 0.25) is 0 Å². The summed E-state index contributed by atoms with van der Waals surface area (Å²) in [5.74, 6) is 0.851. The first-order valence-electron chi connectivity index (χ1n) is 7.36. The lowest BCUT2D eigenvalue weighted by Gasteiger charge is -2.16. The molecule has 1 rings (SSSR count). The van der Waals surface area contributed by atoms with Gasteiger partial charge in [-0.15, -0.1) is 6.58 Å². The molecule has 0 fully saturated rings. The Hall–Kier alpha value is -1.03. The summed E-state index contributed by atoms with van der Waals surface area (Å²) in [6, 6.07) is 5.65. The van der Waals surface area contributed by atoms with Gasteiger partial charge in [0.15, 0.2) is 0 Å². The summed E-state index contributed by atoms with van der Waals surface area (Å²) in [4.78, 5) is 0. The second-order valence-corrected chi connectivity index (χ2v) is 6.50. The van der Waals surface area contributed by atoms with Crippen molar-refractivity contribution in [3.8, 4) is 5.75 Å². The van der Waals surface area contributed by atoms with Crippen LogP contribution in [0.15, 0.2) is 30.9 Å². The van der Waals surface area contributed by atoms with Crippen molar-refractivity contribution in [3.05, 3.63) is 41.4 Å². The summed E-state index contributed by atoms with van der Waals surface area (Å²) in [5.41, 5.74) is 1.31. The molecule has 21 heavy (non-hydrogen) atoms. The number of quaternary nitrogens is 1. The molecule has 0 atom stereocenters. The van der Waals surface area contributed by atoms with E-state index < -0.39 is 0 Å². The van der Waals surface area contributed by atoms with Crippen LogP contribution in [0.2, 0.25) is 5.02 Å². The predicted octanol–water partition coefficient (Wildman–Crippen LogP) is 2.83. The average Bonchev–Trinajstić information content (AvgIpc) is 2.39. The minimum atomic E-state index is 0.253. The Morgan fingerprint density at radius 3 is 2.67 bits per heavy atom. The molecule has 2 N–H and O–H groups in total. The molecule has 118 valence electrons. The standard InChI is InChI=1S/C17H26ClNO2/c1-5-6-14-13-15(18)7-8-16(14)21-12-11-20-10-9-19-17(2,3)4/h5,7-8,13,19H,1,6,9-12H2,2-4H3/p+1. The third-order valence-electron chi connectivity index (χ3n) is 2.89. The van der Waals surface area contributed by atoms with Crippen molar-refractivity contribution in [2.24, 2.45) is 0 Å². The van der Waals surface area contributed by atoms with Gasteiger partial charge < -0.3 is 14.8 Å². The molecular formula is C17H27ClNO2+. The molecular weight excluding hydrogens is 286 g/mol. The predicted molar refractivity (Wildman–Crippen MR) is 88.2 cm³/mol. The van der Waals surface area contributed by atoms with Crippen LogP contribution in [0, 0.1) is 0 Å². The van der Waals surface area contributed by atoms with Gasteiger partial charge in [0.25, 0.3) is 0 Å². The molecule has 0 aromatic heterocycles. The lowest BCUT2D eigenvalue weighted by atomic mass is 10.1. The maximum absolute atomic E-state index is 5.99. The monoisotopic (exact) mass is 312 g/mol. The van der Waals surface area contributed by atoms with Gasteiger partial charge >= 0.3 is 0 Å². The summed E-state index contributed by atoms with van der Waals surface area (Å²) >= 11 is 5.99. The number of hydrogen-bond donors (Lipinski definition) is 1. The SMILES string of the molecule is C=CCc1cc(Cl)ccc1OCCOCC[NH2+]C(C)(C)C. The molecule has 0 saturated carbocycles. The van der Waals surface area contributed by atoms with Crippen molar-refractivity contribution in [1.82, 2.24) is 0 Å². The van der Waals surface area contributed by atoms with E-state index in [4.69, 9.17) is 21.1 Å². The van der Waals surface area contributed by atoms with Crippen LogP contribution in [-0.4, -0.2) is 31.9 Å². The van der Waals surface area contributed by atoms with Crippen molar-refractivity contribution in [3.63, 3.8) is 0 Å². The van der Waals surface area contributed by atoms with Crippen molar-refractivity contribution in [2.75, 3.05) is 26.4 Å². The smallest absolute Gasteiger partial charge is 0.123 e. The molecule has 3 nitrogen and oxygen atoms in total. The van der Waals surface area contributed by atoms with Crippen LogP contribution in [-0.2, 0) is 11.2 Å². The molecule has 0 heterocycles. The van der Waals surface area contributed by atoms with E-state index in [1.54, 1.807) is 0 Å². The zero-order valence-electron chi connectivity index (χ0n) is 13.3. The molecule has 1 aromatic rings. The van der Waals surface area contributed by atoms with E-state index in [2.05, 4.69) is 32.7 Å². The number of nitrogens with two attached hydrogens (primary N) is 1. The molecule has 0 aliphatic carbocycles. The number of hydrogen-bond acceptors (Lipinski definition) is 2. The van der Waals surface area contributed by atoms with Gasteiger partial charge in [-0.1, -0.05) is 17.7 Å². The molecule has 0 aliphatic heterocycles. The maximum atomic E-state index is 5.99. The van der Waals surface area contributed by atoms with Crippen LogP contribution in [0.1, 0.15) is 26.3 Å². The Morgan fingerprint density at radius 2 is 2.00 bits per heavy atom. The minimum absolute atomic E-state index is 0.253. The second-order valence-electron chi connectivity index (χ2n) is 6.06. The first kappa shape index (κ1) is 18.0. The van der Waals surface area contributed by atoms with Crippen LogP contribution < -0.4 is 10.1 Å². The van der Waals surface area contributed by atoms with E-state index in [0.717, 1.165) is 30.9 Å². The lowest BCUT2D eigenvalue weighted by Crippen LogP contribution is -2.95. The quantitative estimate of drug-likeness (QED) is 0.562. The van der Waals surface area contributed by atoms with E-state index in [1.165, 1.54) is 0 Å². The summed E-state index contributed by atoms with van der Waals surface area (Å²) in [7, 11) is 0. The van der Waals surface area contributed by atoms with Crippen LogP contribution in [0.4, 0.5) is 0 Å². The molecule has 0 bridgehead atoms. The van der Waals surface area contributed by atoms with Gasteiger partial charge in [-0.3, -0.25) is 0 Å². The van der Waals surface area contributed by atoms with Gasteiger partial charge in [0.1, 0.15) is 12.4 Å². The van der Waals surface area contributed by atoms with E-state index in [-0.39, 0.29) is 5.54 Å². The Kier molecular flexibility index (Phi) is 7.79. The van der Waals surface area contributed by atoms with Crippen molar-refractivity contribution >= 4 is 11.6 Å². The number of benzene rings is 1. The summed E-state index contributed by atoms with van der Waals surface area (Å²) < 4.78 is 11.3. The van der Waals surface area contributed by atoms with E-state index >= 15 is 0 Å². The van der Waals surface area contributed by atoms with Crippen LogP contribution in [0.25, 0.3) is 0 Å². The Morgan fingerprint density at radius 1 is 1.24 bits per heavy atom. The molecule has 0 spiro atoms. The zero-order chi connectivity index (χ0) is 15.7. The van der Waals surface area contributed by atoms with Crippen molar-refractivity contribution < 1.29 is 14.8 Å². The third-order valence-corrected chi connectivity index (χ3v) is 3.13. The highest BCUT2D eigenvalue weighted by Crippen LogP contribution is 2.23. The average molecular weight is 313 g/mol. The number of halogens is 1. The Labute approximate surface area is 133 Å². The summed E-state index contributed by atoms with van der Waals surface area (Å²) in [5, 5.41) is 2.99. The number of allylic oxidation sites excluding steroid dienone is 1. The second kappa shape index (κ2) is 9.08. The molecule has 0 unspecified atom stereocenters. The minimum Gasteiger partial charge on any atom is -0.491 e. The van der Waals surface area contributed by atoms with Gasteiger partial charge in [-0.05, 0) is 51.0 Å². The van der Waals surface area contributed by atoms with Crippen LogP contribution >= 0.6 is 11.6 Å². The van der Waals surface area contributed by atoms with Crippen LogP contribution in [0.5, 0.6) is 5.75 Å². The molecule has 0 saturated heterocycles. The first-order valence-corrected chi connectivity index (χ1v) is 7.74. The topological polar surface area (TPSA) is 35.1 Å². The van der Waals surface area contributed by atoms with E-state index in [1.807, 2.05) is 24.3 Å². The molecule has 1 aromatic carbocycles. The molecule has 0 aliphatic rings. The lowest BCUT2D eigenvalue weighted by molar-refractivity contribution is -0.718. The highest BCUT2D eigenvalue weighted by molar-refractivity contribution is 6.30. The fourth-order valence-corrected chi connectivity index (χ4v) is 2.09. The van der Waals surface area contributed by atoms with Gasteiger partial charge in [-0.25, -0.2) is 0 Å².